The number of nitrogens with zero attached hydrogens (tertiary/aromatic N) is 2. The second kappa shape index (κ2) is 8.97. The molecule has 0 aliphatic rings. The number of ether oxygens (including phenoxy) is 2. The SMILES string of the molecule is CN(CCC#N)C(=O)COC(=O)COc1ccc(Br)cc1. The van der Waals surface area contributed by atoms with Gasteiger partial charge in [0.15, 0.2) is 13.2 Å². The van der Waals surface area contributed by atoms with Gasteiger partial charge in [0.05, 0.1) is 12.5 Å². The third-order valence-electron chi connectivity index (χ3n) is 2.51. The molecule has 0 heterocycles. The lowest BCUT2D eigenvalue weighted by Crippen LogP contribution is -2.32. The van der Waals surface area contributed by atoms with Crippen molar-refractivity contribution in [2.45, 2.75) is 6.42 Å². The Kier molecular flexibility index (Phi) is 7.26. The van der Waals surface area contributed by atoms with E-state index in [0.29, 0.717) is 12.3 Å². The van der Waals surface area contributed by atoms with E-state index in [1.54, 1.807) is 31.3 Å². The van der Waals surface area contributed by atoms with Crippen molar-refractivity contribution in [2.24, 2.45) is 0 Å². The van der Waals surface area contributed by atoms with E-state index in [2.05, 4.69) is 15.9 Å². The van der Waals surface area contributed by atoms with Crippen molar-refractivity contribution in [3.63, 3.8) is 0 Å². The molecule has 1 aromatic rings. The van der Waals surface area contributed by atoms with Crippen molar-refractivity contribution in [1.29, 1.82) is 5.26 Å². The highest BCUT2D eigenvalue weighted by atomic mass is 79.9. The van der Waals surface area contributed by atoms with E-state index >= 15 is 0 Å². The fourth-order valence-corrected chi connectivity index (χ4v) is 1.57. The van der Waals surface area contributed by atoms with Gasteiger partial charge in [-0.3, -0.25) is 4.79 Å². The monoisotopic (exact) mass is 354 g/mol. The summed E-state index contributed by atoms with van der Waals surface area (Å²) in [7, 11) is 1.55. The Balaban J connectivity index is 2.26. The maximum absolute atomic E-state index is 11.6. The zero-order chi connectivity index (χ0) is 15.7. The van der Waals surface area contributed by atoms with E-state index < -0.39 is 5.97 Å². The third-order valence-corrected chi connectivity index (χ3v) is 3.04. The van der Waals surface area contributed by atoms with Gasteiger partial charge in [-0.15, -0.1) is 0 Å². The largest absolute Gasteiger partial charge is 0.482 e. The predicted molar refractivity (Wildman–Crippen MR) is 78.5 cm³/mol. The average molecular weight is 355 g/mol. The van der Waals surface area contributed by atoms with Crippen LogP contribution in [0.5, 0.6) is 5.75 Å². The van der Waals surface area contributed by atoms with E-state index in [9.17, 15) is 9.59 Å². The van der Waals surface area contributed by atoms with Crippen LogP contribution < -0.4 is 4.74 Å². The van der Waals surface area contributed by atoms with Crippen molar-refractivity contribution in [1.82, 2.24) is 4.90 Å². The molecule has 1 amide bonds. The third kappa shape index (κ3) is 6.77. The summed E-state index contributed by atoms with van der Waals surface area (Å²) >= 11 is 3.29. The minimum Gasteiger partial charge on any atom is -0.482 e. The summed E-state index contributed by atoms with van der Waals surface area (Å²) in [5, 5.41) is 8.42. The predicted octanol–water partition coefficient (Wildman–Crippen LogP) is 1.74. The minimum absolute atomic E-state index is 0.239. The zero-order valence-corrected chi connectivity index (χ0v) is 13.1. The van der Waals surface area contributed by atoms with Crippen LogP contribution in [0.3, 0.4) is 0 Å². The molecule has 0 radical (unpaired) electrons. The van der Waals surface area contributed by atoms with Gasteiger partial charge in [-0.25, -0.2) is 4.79 Å². The molecule has 0 spiro atoms. The molecule has 112 valence electrons. The van der Waals surface area contributed by atoms with Crippen LogP contribution in [0, 0.1) is 11.3 Å². The number of rotatable bonds is 7. The fraction of sp³-hybridized carbons (Fsp3) is 0.357. The summed E-state index contributed by atoms with van der Waals surface area (Å²) in [6, 6.07) is 8.92. The maximum atomic E-state index is 11.6. The quantitative estimate of drug-likeness (QED) is 0.696. The molecular formula is C14H15BrN2O4. The van der Waals surface area contributed by atoms with E-state index in [-0.39, 0.29) is 25.5 Å². The number of hydrogen-bond acceptors (Lipinski definition) is 5. The van der Waals surface area contributed by atoms with Crippen LogP contribution in [0.1, 0.15) is 6.42 Å². The Morgan fingerprint density at radius 1 is 1.29 bits per heavy atom. The Hall–Kier alpha value is -2.07. The van der Waals surface area contributed by atoms with E-state index in [1.807, 2.05) is 6.07 Å². The van der Waals surface area contributed by atoms with E-state index in [4.69, 9.17) is 14.7 Å². The molecule has 1 rings (SSSR count). The van der Waals surface area contributed by atoms with E-state index in [0.717, 1.165) is 4.47 Å². The summed E-state index contributed by atoms with van der Waals surface area (Å²) in [6.07, 6.45) is 0.239. The second-order valence-electron chi connectivity index (χ2n) is 4.13. The van der Waals surface area contributed by atoms with Crippen LogP contribution in [-0.4, -0.2) is 43.6 Å². The number of amides is 1. The molecule has 0 fully saturated rings. The number of benzene rings is 1. The lowest BCUT2D eigenvalue weighted by molar-refractivity contribution is -0.153. The van der Waals surface area contributed by atoms with Crippen LogP contribution in [0.2, 0.25) is 0 Å². The highest BCUT2D eigenvalue weighted by Gasteiger charge is 2.12. The molecule has 0 bridgehead atoms. The van der Waals surface area contributed by atoms with Crippen LogP contribution in [-0.2, 0) is 14.3 Å². The van der Waals surface area contributed by atoms with Gasteiger partial charge in [0.2, 0.25) is 0 Å². The van der Waals surface area contributed by atoms with Crippen molar-refractivity contribution < 1.29 is 19.1 Å². The van der Waals surface area contributed by atoms with Crippen molar-refractivity contribution >= 4 is 27.8 Å². The molecule has 0 aliphatic heterocycles. The summed E-state index contributed by atoms with van der Waals surface area (Å²) < 4.78 is 10.9. The number of hydrogen-bond donors (Lipinski definition) is 0. The minimum atomic E-state index is -0.625. The molecular weight excluding hydrogens is 340 g/mol. The van der Waals surface area contributed by atoms with Crippen LogP contribution in [0.15, 0.2) is 28.7 Å². The van der Waals surface area contributed by atoms with Crippen molar-refractivity contribution in [3.8, 4) is 11.8 Å². The first kappa shape index (κ1) is 17.0. The summed E-state index contributed by atoms with van der Waals surface area (Å²) in [4.78, 5) is 24.3. The molecule has 6 nitrogen and oxygen atoms in total. The standard InChI is InChI=1S/C14H15BrN2O4/c1-17(8-2-7-16)13(18)9-21-14(19)10-20-12-5-3-11(15)4-6-12/h3-6H,2,8-10H2,1H3. The number of carbonyl (C=O) groups excluding carboxylic acids is 2. The second-order valence-corrected chi connectivity index (χ2v) is 5.04. The topological polar surface area (TPSA) is 79.6 Å². The Labute approximate surface area is 131 Å². The lowest BCUT2D eigenvalue weighted by atomic mass is 10.3. The Morgan fingerprint density at radius 3 is 2.57 bits per heavy atom. The van der Waals surface area contributed by atoms with Gasteiger partial charge in [0.25, 0.3) is 5.91 Å². The van der Waals surface area contributed by atoms with E-state index in [1.165, 1.54) is 4.90 Å². The number of esters is 1. The average Bonchev–Trinajstić information content (AvgIpc) is 2.49. The molecule has 21 heavy (non-hydrogen) atoms. The van der Waals surface area contributed by atoms with Crippen LogP contribution >= 0.6 is 15.9 Å². The van der Waals surface area contributed by atoms with Crippen molar-refractivity contribution in [3.05, 3.63) is 28.7 Å². The van der Waals surface area contributed by atoms with Gasteiger partial charge in [0.1, 0.15) is 5.75 Å². The first-order valence-electron chi connectivity index (χ1n) is 6.18. The van der Waals surface area contributed by atoms with Gasteiger partial charge in [-0.2, -0.15) is 5.26 Å². The Morgan fingerprint density at radius 2 is 1.95 bits per heavy atom. The first-order chi connectivity index (χ1) is 10.0. The molecule has 1 aromatic carbocycles. The molecule has 0 atom stereocenters. The molecule has 7 heteroatoms. The number of nitriles is 1. The van der Waals surface area contributed by atoms with Gasteiger partial charge >= 0.3 is 5.97 Å². The number of carbonyl (C=O) groups is 2. The van der Waals surface area contributed by atoms with Gasteiger partial charge < -0.3 is 14.4 Å². The van der Waals surface area contributed by atoms with Crippen molar-refractivity contribution in [2.75, 3.05) is 26.8 Å². The molecule has 0 saturated heterocycles. The normalized spacial score (nSPS) is 9.57. The highest BCUT2D eigenvalue weighted by Crippen LogP contribution is 2.15. The van der Waals surface area contributed by atoms with Crippen LogP contribution in [0.4, 0.5) is 0 Å². The molecule has 0 aromatic heterocycles. The van der Waals surface area contributed by atoms with Gasteiger partial charge in [-0.1, -0.05) is 15.9 Å². The maximum Gasteiger partial charge on any atom is 0.344 e. The lowest BCUT2D eigenvalue weighted by Gasteiger charge is -2.15. The zero-order valence-electron chi connectivity index (χ0n) is 11.5. The smallest absolute Gasteiger partial charge is 0.344 e. The molecule has 0 N–H and O–H groups in total. The fourth-order valence-electron chi connectivity index (χ4n) is 1.31. The number of halogens is 1. The van der Waals surface area contributed by atoms with Gasteiger partial charge in [0, 0.05) is 18.1 Å². The summed E-state index contributed by atoms with van der Waals surface area (Å²) in [6.45, 7) is -0.316. The van der Waals surface area contributed by atoms with Gasteiger partial charge in [-0.05, 0) is 24.3 Å². The molecule has 0 unspecified atom stereocenters. The summed E-state index contributed by atoms with van der Waals surface area (Å²) in [5.74, 6) is -0.449. The first-order valence-corrected chi connectivity index (χ1v) is 6.97. The molecule has 0 saturated carbocycles. The number of likely N-dealkylation sites (N-methyl/N-ethyl adjacent to an activating group) is 1. The van der Waals surface area contributed by atoms with Crippen LogP contribution in [0.25, 0.3) is 0 Å². The Bertz CT molecular complexity index is 525. The highest BCUT2D eigenvalue weighted by molar-refractivity contribution is 9.10. The molecule has 0 aliphatic carbocycles. The summed E-state index contributed by atoms with van der Waals surface area (Å²) in [5.41, 5.74) is 0.